The van der Waals surface area contributed by atoms with Crippen LogP contribution < -0.4 is 0 Å². The molecule has 0 saturated carbocycles. The average molecular weight is 374 g/mol. The summed E-state index contributed by atoms with van der Waals surface area (Å²) in [5.41, 5.74) is -1.26. The molecule has 0 N–H and O–H groups in total. The number of benzene rings is 1. The molecule has 0 radical (unpaired) electrons. The third-order valence-electron chi connectivity index (χ3n) is 4.73. The first-order chi connectivity index (χ1) is 12.7. The molecule has 4 atom stereocenters. The van der Waals surface area contributed by atoms with E-state index in [1.807, 2.05) is 6.07 Å². The van der Waals surface area contributed by atoms with Crippen LogP contribution in [0.25, 0.3) is 0 Å². The Balaban J connectivity index is 2.13. The van der Waals surface area contributed by atoms with Gasteiger partial charge >= 0.3 is 11.9 Å². The number of hydrogen-bond acceptors (Lipinski definition) is 7. The fourth-order valence-corrected chi connectivity index (χ4v) is 3.70. The molecule has 2 saturated heterocycles. The minimum absolute atomic E-state index is 0.0832. The van der Waals surface area contributed by atoms with Gasteiger partial charge in [0.15, 0.2) is 11.9 Å². The van der Waals surface area contributed by atoms with E-state index in [0.717, 1.165) is 0 Å². The lowest BCUT2D eigenvalue weighted by molar-refractivity contribution is -0.190. The van der Waals surface area contributed by atoms with E-state index in [4.69, 9.17) is 18.9 Å². The molecule has 0 aliphatic carbocycles. The van der Waals surface area contributed by atoms with Crippen molar-refractivity contribution < 1.29 is 33.3 Å². The Bertz CT molecular complexity index is 770. The fraction of sp³-hybridized carbons (Fsp3) is 0.450. The van der Waals surface area contributed by atoms with Crippen LogP contribution in [0.2, 0.25) is 0 Å². The van der Waals surface area contributed by atoms with E-state index in [1.54, 1.807) is 38.1 Å². The number of ketones is 1. The highest BCUT2D eigenvalue weighted by Gasteiger charge is 2.67. The van der Waals surface area contributed by atoms with E-state index < -0.39 is 47.2 Å². The zero-order valence-corrected chi connectivity index (χ0v) is 15.5. The van der Waals surface area contributed by atoms with E-state index in [0.29, 0.717) is 5.56 Å². The summed E-state index contributed by atoms with van der Waals surface area (Å²) in [6.45, 7) is 8.48. The smallest absolute Gasteiger partial charge is 0.379 e. The second kappa shape index (κ2) is 6.90. The van der Waals surface area contributed by atoms with Crippen LogP contribution in [0.3, 0.4) is 0 Å². The van der Waals surface area contributed by atoms with Crippen LogP contribution in [-0.2, 0) is 33.3 Å². The van der Waals surface area contributed by atoms with Gasteiger partial charge in [0.25, 0.3) is 5.78 Å². The summed E-state index contributed by atoms with van der Waals surface area (Å²) in [4.78, 5) is 37.2. The fourth-order valence-electron chi connectivity index (χ4n) is 3.70. The summed E-state index contributed by atoms with van der Waals surface area (Å²) in [5, 5.41) is 0. The molecule has 2 aliphatic heterocycles. The maximum Gasteiger partial charge on any atom is 0.379 e. The van der Waals surface area contributed by atoms with Crippen LogP contribution in [0.15, 0.2) is 43.0 Å². The van der Waals surface area contributed by atoms with Crippen molar-refractivity contribution in [2.45, 2.75) is 50.3 Å². The topological polar surface area (TPSA) is 88.1 Å². The summed E-state index contributed by atoms with van der Waals surface area (Å²) in [6, 6.07) is 8.90. The van der Waals surface area contributed by atoms with E-state index >= 15 is 0 Å². The Morgan fingerprint density at radius 1 is 1.30 bits per heavy atom. The summed E-state index contributed by atoms with van der Waals surface area (Å²) >= 11 is 0. The van der Waals surface area contributed by atoms with Gasteiger partial charge in [0.1, 0.15) is 6.10 Å². The molecule has 1 aromatic rings. The Morgan fingerprint density at radius 2 is 1.96 bits per heavy atom. The van der Waals surface area contributed by atoms with Crippen LogP contribution in [0.4, 0.5) is 0 Å². The molecule has 27 heavy (non-hydrogen) atoms. The van der Waals surface area contributed by atoms with Crippen molar-refractivity contribution in [1.29, 1.82) is 0 Å². The maximum absolute atomic E-state index is 13.0. The van der Waals surface area contributed by atoms with E-state index in [1.165, 1.54) is 13.0 Å². The summed E-state index contributed by atoms with van der Waals surface area (Å²) < 4.78 is 22.3. The Morgan fingerprint density at radius 3 is 2.48 bits per heavy atom. The van der Waals surface area contributed by atoms with Crippen molar-refractivity contribution in [1.82, 2.24) is 0 Å². The number of rotatable bonds is 5. The Labute approximate surface area is 157 Å². The molecule has 1 aromatic carbocycles. The highest BCUT2D eigenvalue weighted by molar-refractivity contribution is 6.39. The van der Waals surface area contributed by atoms with Gasteiger partial charge in [0.2, 0.25) is 5.60 Å². The molecule has 0 amide bonds. The first-order valence-corrected chi connectivity index (χ1v) is 8.65. The average Bonchev–Trinajstić information content (AvgIpc) is 3.08. The van der Waals surface area contributed by atoms with Crippen molar-refractivity contribution in [3.63, 3.8) is 0 Å². The highest BCUT2D eigenvalue weighted by Crippen LogP contribution is 2.45. The van der Waals surface area contributed by atoms with Gasteiger partial charge in [-0.05, 0) is 19.4 Å². The molecule has 2 heterocycles. The maximum atomic E-state index is 13.0. The van der Waals surface area contributed by atoms with Gasteiger partial charge in [0, 0.05) is 6.92 Å². The van der Waals surface area contributed by atoms with Crippen molar-refractivity contribution in [2.75, 3.05) is 6.61 Å². The van der Waals surface area contributed by atoms with Gasteiger partial charge in [-0.15, -0.1) is 6.58 Å². The van der Waals surface area contributed by atoms with E-state index in [-0.39, 0.29) is 6.61 Å². The quantitative estimate of drug-likeness (QED) is 0.442. The van der Waals surface area contributed by atoms with Crippen molar-refractivity contribution in [3.05, 3.63) is 48.6 Å². The SMILES string of the molecule is C=C[C@@H](c1ccccc1)[C@]1(OC(C)=O)C(=O)C(=O)O[C@@H]1[C@@H]1COC(C)(C)O1. The molecule has 0 aromatic heterocycles. The van der Waals surface area contributed by atoms with Crippen LogP contribution in [0, 0.1) is 0 Å². The normalized spacial score (nSPS) is 30.6. The van der Waals surface area contributed by atoms with Gasteiger partial charge in [0.05, 0.1) is 12.5 Å². The van der Waals surface area contributed by atoms with Gasteiger partial charge in [-0.3, -0.25) is 9.59 Å². The summed E-state index contributed by atoms with van der Waals surface area (Å²) in [5.74, 6) is -4.45. The van der Waals surface area contributed by atoms with Crippen molar-refractivity contribution in [3.8, 4) is 0 Å². The third-order valence-corrected chi connectivity index (χ3v) is 4.73. The molecule has 0 spiro atoms. The van der Waals surface area contributed by atoms with E-state index in [9.17, 15) is 14.4 Å². The lowest BCUT2D eigenvalue weighted by atomic mass is 9.75. The second-order valence-electron chi connectivity index (χ2n) is 7.03. The molecule has 7 nitrogen and oxygen atoms in total. The second-order valence-corrected chi connectivity index (χ2v) is 7.03. The van der Waals surface area contributed by atoms with Crippen molar-refractivity contribution in [2.24, 2.45) is 0 Å². The van der Waals surface area contributed by atoms with Gasteiger partial charge in [-0.25, -0.2) is 4.79 Å². The largest absolute Gasteiger partial charge is 0.449 e. The van der Waals surface area contributed by atoms with Crippen LogP contribution >= 0.6 is 0 Å². The number of esters is 2. The zero-order valence-electron chi connectivity index (χ0n) is 15.5. The number of hydrogen-bond donors (Lipinski definition) is 0. The number of carbonyl (C=O) groups is 3. The molecule has 0 bridgehead atoms. The first-order valence-electron chi connectivity index (χ1n) is 8.65. The molecule has 2 aliphatic rings. The number of ether oxygens (including phenoxy) is 4. The lowest BCUT2D eigenvalue weighted by Gasteiger charge is -2.38. The van der Waals surface area contributed by atoms with Gasteiger partial charge in [-0.2, -0.15) is 0 Å². The predicted molar refractivity (Wildman–Crippen MR) is 93.7 cm³/mol. The molecule has 0 unspecified atom stereocenters. The van der Waals surface area contributed by atoms with Gasteiger partial charge < -0.3 is 18.9 Å². The van der Waals surface area contributed by atoms with Gasteiger partial charge in [-0.1, -0.05) is 36.4 Å². The molecular weight excluding hydrogens is 352 g/mol. The number of Topliss-reactive ketones (excluding diaryl/α,β-unsaturated/α-hetero) is 1. The molecule has 7 heteroatoms. The molecule has 3 rings (SSSR count). The molecular formula is C20H22O7. The first kappa shape index (κ1) is 19.3. The monoisotopic (exact) mass is 374 g/mol. The van der Waals surface area contributed by atoms with Crippen LogP contribution in [-0.4, -0.2) is 47.9 Å². The summed E-state index contributed by atoms with van der Waals surface area (Å²) in [6.07, 6.45) is -0.459. The van der Waals surface area contributed by atoms with Crippen LogP contribution in [0.5, 0.6) is 0 Å². The Kier molecular flexibility index (Phi) is 4.92. The predicted octanol–water partition coefficient (Wildman–Crippen LogP) is 1.90. The third kappa shape index (κ3) is 3.28. The highest BCUT2D eigenvalue weighted by atomic mass is 16.8. The van der Waals surface area contributed by atoms with Crippen LogP contribution in [0.1, 0.15) is 32.3 Å². The van der Waals surface area contributed by atoms with Crippen molar-refractivity contribution >= 4 is 17.7 Å². The number of carbonyl (C=O) groups excluding carboxylic acids is 3. The molecule has 144 valence electrons. The number of cyclic esters (lactones) is 1. The summed E-state index contributed by atoms with van der Waals surface area (Å²) in [7, 11) is 0. The Hall–Kier alpha value is -2.51. The van der Waals surface area contributed by atoms with E-state index in [2.05, 4.69) is 6.58 Å². The minimum Gasteiger partial charge on any atom is -0.449 e. The minimum atomic E-state index is -1.92. The standard InChI is InChI=1S/C20H22O7/c1-5-14(13-9-7-6-8-10-13)20(26-12(2)21)16(22)18(23)25-17(20)15-11-24-19(3,4)27-15/h5-10,14-15,17H,1,11H2,2-4H3/t14-,15-,17+,20-/m0/s1. The molecule has 2 fully saturated rings. The lowest BCUT2D eigenvalue weighted by Crippen LogP contribution is -2.57. The zero-order chi connectivity index (χ0) is 19.8.